The van der Waals surface area contributed by atoms with Gasteiger partial charge in [-0.1, -0.05) is 41.9 Å². The highest BCUT2D eigenvalue weighted by Gasteiger charge is 2.33. The number of hydrogen-bond acceptors (Lipinski definition) is 4. The van der Waals surface area contributed by atoms with Crippen molar-refractivity contribution in [2.24, 2.45) is 4.99 Å². The van der Waals surface area contributed by atoms with Gasteiger partial charge in [0.05, 0.1) is 32.2 Å². The number of rotatable bonds is 7. The normalized spacial score (nSPS) is 14.9. The van der Waals surface area contributed by atoms with E-state index in [2.05, 4.69) is 26.0 Å². The van der Waals surface area contributed by atoms with Crippen molar-refractivity contribution in [3.8, 4) is 11.5 Å². The highest BCUT2D eigenvalue weighted by atomic mass is 35.5. The Morgan fingerprint density at radius 1 is 0.846 bits per heavy atom. The molecule has 1 atom stereocenters. The number of carbonyl (C=O) groups is 1. The summed E-state index contributed by atoms with van der Waals surface area (Å²) in [4.78, 5) is 21.4. The number of aryl methyl sites for hydroxylation is 2. The summed E-state index contributed by atoms with van der Waals surface area (Å²) in [5.41, 5.74) is 7.65. The van der Waals surface area contributed by atoms with Gasteiger partial charge in [-0.2, -0.15) is 0 Å². The number of amides is 1. The zero-order valence-corrected chi connectivity index (χ0v) is 23.3. The van der Waals surface area contributed by atoms with E-state index in [1.165, 1.54) is 0 Å². The Morgan fingerprint density at radius 3 is 2.08 bits per heavy atom. The van der Waals surface area contributed by atoms with Crippen LogP contribution in [0.25, 0.3) is 0 Å². The van der Waals surface area contributed by atoms with Crippen LogP contribution in [-0.2, 0) is 17.8 Å². The number of carbonyl (C=O) groups excluding carboxylic acids is 1. The van der Waals surface area contributed by atoms with E-state index in [1.807, 2.05) is 77.7 Å². The Bertz CT molecular complexity index is 1510. The second-order valence-electron chi connectivity index (χ2n) is 9.73. The predicted molar refractivity (Wildman–Crippen MR) is 158 cm³/mol. The quantitative estimate of drug-likeness (QED) is 0.255. The third-order valence-corrected chi connectivity index (χ3v) is 7.48. The van der Waals surface area contributed by atoms with E-state index in [9.17, 15) is 4.79 Å². The van der Waals surface area contributed by atoms with Crippen LogP contribution in [0.3, 0.4) is 0 Å². The van der Waals surface area contributed by atoms with E-state index in [0.717, 1.165) is 56.3 Å². The first-order valence-corrected chi connectivity index (χ1v) is 13.3. The molecule has 5 nitrogen and oxygen atoms in total. The summed E-state index contributed by atoms with van der Waals surface area (Å²) in [6, 6.07) is 26.8. The molecule has 0 radical (unpaired) electrons. The minimum atomic E-state index is -0.619. The van der Waals surface area contributed by atoms with Gasteiger partial charge in [0.1, 0.15) is 17.5 Å². The van der Waals surface area contributed by atoms with E-state index >= 15 is 0 Å². The fourth-order valence-electron chi connectivity index (χ4n) is 5.07. The zero-order valence-electron chi connectivity index (χ0n) is 22.6. The fraction of sp³-hybridized carbons (Fsp3) is 0.212. The molecule has 4 aromatic rings. The molecule has 0 bridgehead atoms. The van der Waals surface area contributed by atoms with E-state index in [0.29, 0.717) is 18.0 Å². The molecule has 1 heterocycles. The van der Waals surface area contributed by atoms with Gasteiger partial charge in [-0.15, -0.1) is 0 Å². The van der Waals surface area contributed by atoms with Gasteiger partial charge >= 0.3 is 0 Å². The van der Waals surface area contributed by atoms with Gasteiger partial charge in [0.15, 0.2) is 0 Å². The summed E-state index contributed by atoms with van der Waals surface area (Å²) in [7, 11) is 3.28. The molecule has 39 heavy (non-hydrogen) atoms. The molecule has 4 aromatic carbocycles. The Balaban J connectivity index is 1.67. The van der Waals surface area contributed by atoms with Crippen molar-refractivity contribution in [2.75, 3.05) is 19.1 Å². The van der Waals surface area contributed by atoms with Crippen LogP contribution >= 0.6 is 11.6 Å². The third kappa shape index (κ3) is 5.55. The predicted octanol–water partition coefficient (Wildman–Crippen LogP) is 6.97. The Labute approximate surface area is 234 Å². The SMILES string of the molecule is COc1ccc(CN2C(=O)C(Cc3c(C)cccc3C)N=C(c3ccc(OC)cc3)c3cc(Cl)ccc32)cc1. The number of ether oxygens (including phenoxy) is 2. The van der Waals surface area contributed by atoms with Gasteiger partial charge in [0.2, 0.25) is 0 Å². The topological polar surface area (TPSA) is 51.1 Å². The van der Waals surface area contributed by atoms with Crippen LogP contribution in [0.5, 0.6) is 11.5 Å². The molecule has 0 fully saturated rings. The molecule has 0 saturated heterocycles. The maximum atomic E-state index is 14.4. The summed E-state index contributed by atoms with van der Waals surface area (Å²) in [6.07, 6.45) is 0.498. The van der Waals surface area contributed by atoms with Crippen molar-refractivity contribution in [3.63, 3.8) is 0 Å². The molecule has 0 aromatic heterocycles. The molecule has 1 aliphatic heterocycles. The van der Waals surface area contributed by atoms with Crippen molar-refractivity contribution in [2.45, 2.75) is 32.9 Å². The number of hydrogen-bond donors (Lipinski definition) is 0. The van der Waals surface area contributed by atoms with Gasteiger partial charge in [0.25, 0.3) is 5.91 Å². The zero-order chi connectivity index (χ0) is 27.5. The molecule has 1 aliphatic rings. The van der Waals surface area contributed by atoms with Crippen molar-refractivity contribution in [1.29, 1.82) is 0 Å². The highest BCUT2D eigenvalue weighted by Crippen LogP contribution is 2.34. The largest absolute Gasteiger partial charge is 0.497 e. The highest BCUT2D eigenvalue weighted by molar-refractivity contribution is 6.32. The molecule has 1 unspecified atom stereocenters. The summed E-state index contributed by atoms with van der Waals surface area (Å²) in [5.74, 6) is 1.47. The monoisotopic (exact) mass is 538 g/mol. The molecule has 6 heteroatoms. The van der Waals surface area contributed by atoms with Crippen molar-refractivity contribution in [3.05, 3.63) is 123 Å². The number of aliphatic imine (C=N–C) groups is 1. The van der Waals surface area contributed by atoms with E-state index in [4.69, 9.17) is 26.1 Å². The molecular formula is C33H31ClN2O3. The lowest BCUT2D eigenvalue weighted by atomic mass is 9.96. The first-order valence-electron chi connectivity index (χ1n) is 12.9. The summed E-state index contributed by atoms with van der Waals surface area (Å²) in [5, 5.41) is 0.583. The number of fused-ring (bicyclic) bond motifs is 1. The maximum absolute atomic E-state index is 14.4. The molecule has 0 aliphatic carbocycles. The summed E-state index contributed by atoms with van der Waals surface area (Å²) in [6.45, 7) is 4.56. The lowest BCUT2D eigenvalue weighted by Crippen LogP contribution is -2.38. The minimum absolute atomic E-state index is 0.0550. The van der Waals surface area contributed by atoms with E-state index in [-0.39, 0.29) is 5.91 Å². The summed E-state index contributed by atoms with van der Waals surface area (Å²) < 4.78 is 10.7. The maximum Gasteiger partial charge on any atom is 0.252 e. The number of halogens is 1. The number of methoxy groups -OCH3 is 2. The summed E-state index contributed by atoms with van der Waals surface area (Å²) >= 11 is 6.52. The van der Waals surface area contributed by atoms with Crippen LogP contribution in [0.1, 0.15) is 33.4 Å². The number of benzene rings is 4. The van der Waals surface area contributed by atoms with Crippen molar-refractivity contribution < 1.29 is 14.3 Å². The van der Waals surface area contributed by atoms with Gasteiger partial charge in [0, 0.05) is 22.6 Å². The molecule has 5 rings (SSSR count). The lowest BCUT2D eigenvalue weighted by molar-refractivity contribution is -0.119. The van der Waals surface area contributed by atoms with Gasteiger partial charge < -0.3 is 14.4 Å². The molecular weight excluding hydrogens is 508 g/mol. The minimum Gasteiger partial charge on any atom is -0.497 e. The van der Waals surface area contributed by atoms with E-state index in [1.54, 1.807) is 14.2 Å². The Hall–Kier alpha value is -4.09. The van der Waals surface area contributed by atoms with Crippen LogP contribution < -0.4 is 14.4 Å². The Kier molecular flexibility index (Phi) is 7.71. The van der Waals surface area contributed by atoms with Gasteiger partial charge in [-0.25, -0.2) is 0 Å². The first-order chi connectivity index (χ1) is 18.9. The lowest BCUT2D eigenvalue weighted by Gasteiger charge is -2.26. The first kappa shape index (κ1) is 26.5. The molecule has 0 spiro atoms. The van der Waals surface area contributed by atoms with Crippen LogP contribution in [0, 0.1) is 13.8 Å². The smallest absolute Gasteiger partial charge is 0.252 e. The van der Waals surface area contributed by atoms with Gasteiger partial charge in [-0.05, 0) is 90.7 Å². The average molecular weight is 539 g/mol. The van der Waals surface area contributed by atoms with Crippen LogP contribution in [0.15, 0.2) is 89.9 Å². The van der Waals surface area contributed by atoms with Crippen LogP contribution in [0.4, 0.5) is 5.69 Å². The second-order valence-corrected chi connectivity index (χ2v) is 10.2. The van der Waals surface area contributed by atoms with Crippen molar-refractivity contribution in [1.82, 2.24) is 0 Å². The second kappa shape index (κ2) is 11.3. The molecule has 0 saturated carbocycles. The van der Waals surface area contributed by atoms with Crippen LogP contribution in [0.2, 0.25) is 5.02 Å². The fourth-order valence-corrected chi connectivity index (χ4v) is 5.24. The average Bonchev–Trinajstić information content (AvgIpc) is 3.05. The molecule has 198 valence electrons. The van der Waals surface area contributed by atoms with E-state index < -0.39 is 6.04 Å². The third-order valence-electron chi connectivity index (χ3n) is 7.25. The molecule has 1 amide bonds. The number of anilines is 1. The number of nitrogens with zero attached hydrogens (tertiary/aromatic N) is 2. The van der Waals surface area contributed by atoms with Crippen molar-refractivity contribution >= 4 is 28.9 Å². The van der Waals surface area contributed by atoms with Crippen LogP contribution in [-0.4, -0.2) is 31.9 Å². The number of benzodiazepines with no additional fused rings is 1. The van der Waals surface area contributed by atoms with Gasteiger partial charge in [-0.3, -0.25) is 9.79 Å². The Morgan fingerprint density at radius 2 is 1.46 bits per heavy atom. The standard InChI is InChI=1S/C33H31ClN2O3/c1-21-6-5-7-22(2)28(21)19-30-33(37)36(20-23-8-13-26(38-3)14-9-23)31-17-12-25(34)18-29(31)32(35-30)24-10-15-27(39-4)16-11-24/h5-18,30H,19-20H2,1-4H3. The molecule has 0 N–H and O–H groups in total.